The number of carboxylic acid groups (broad SMARTS) is 1. The van der Waals surface area contributed by atoms with Crippen LogP contribution in [0.3, 0.4) is 0 Å². The normalized spacial score (nSPS) is 23.3. The highest BCUT2D eigenvalue weighted by Crippen LogP contribution is 2.23. The number of likely N-dealkylation sites (tertiary alicyclic amines) is 1. The summed E-state index contributed by atoms with van der Waals surface area (Å²) in [4.78, 5) is 24.7. The summed E-state index contributed by atoms with van der Waals surface area (Å²) in [5.74, 6) is -1.18. The van der Waals surface area contributed by atoms with Crippen molar-refractivity contribution in [1.29, 1.82) is 0 Å². The average Bonchev–Trinajstić information content (AvgIpc) is 2.25. The first-order valence-electron chi connectivity index (χ1n) is 6.04. The van der Waals surface area contributed by atoms with Crippen molar-refractivity contribution in [3.05, 3.63) is 0 Å². The summed E-state index contributed by atoms with van der Waals surface area (Å²) < 4.78 is 0. The Hall–Kier alpha value is -1.10. The molecule has 17 heavy (non-hydrogen) atoms. The maximum atomic E-state index is 12.2. The minimum Gasteiger partial charge on any atom is -0.480 e. The summed E-state index contributed by atoms with van der Waals surface area (Å²) in [6.45, 7) is 6.15. The molecule has 1 fully saturated rings. The summed E-state index contributed by atoms with van der Waals surface area (Å²) >= 11 is 0. The van der Waals surface area contributed by atoms with Crippen molar-refractivity contribution >= 4 is 11.9 Å². The van der Waals surface area contributed by atoms with E-state index in [0.29, 0.717) is 13.0 Å². The molecule has 1 heterocycles. The number of nitrogens with zero attached hydrogens (tertiary/aromatic N) is 1. The lowest BCUT2D eigenvalue weighted by Gasteiger charge is -2.37. The van der Waals surface area contributed by atoms with Crippen LogP contribution in [-0.4, -0.2) is 40.5 Å². The van der Waals surface area contributed by atoms with Gasteiger partial charge in [-0.15, -0.1) is 0 Å². The zero-order valence-electron chi connectivity index (χ0n) is 10.8. The van der Waals surface area contributed by atoms with E-state index in [0.717, 1.165) is 12.8 Å². The van der Waals surface area contributed by atoms with Crippen LogP contribution in [0.15, 0.2) is 0 Å². The Bertz CT molecular complexity index is 309. The van der Waals surface area contributed by atoms with Crippen LogP contribution in [0.25, 0.3) is 0 Å². The predicted molar refractivity (Wildman–Crippen MR) is 64.4 cm³/mol. The summed E-state index contributed by atoms with van der Waals surface area (Å²) in [7, 11) is 0. The molecule has 0 spiro atoms. The SMILES string of the molecule is CC(C)(C)[C@H](N)C(=O)N1CCCC[C@@H]1C(=O)O. The van der Waals surface area contributed by atoms with Crippen molar-refractivity contribution < 1.29 is 14.7 Å². The molecule has 0 radical (unpaired) electrons. The molecule has 0 saturated carbocycles. The lowest BCUT2D eigenvalue weighted by molar-refractivity contribution is -0.153. The first kappa shape index (κ1) is 14.0. The van der Waals surface area contributed by atoms with Gasteiger partial charge in [-0.1, -0.05) is 20.8 Å². The number of carboxylic acids is 1. The molecule has 0 aromatic rings. The van der Waals surface area contributed by atoms with E-state index in [1.807, 2.05) is 20.8 Å². The number of nitrogens with two attached hydrogens (primary N) is 1. The van der Waals surface area contributed by atoms with Gasteiger partial charge in [0, 0.05) is 6.54 Å². The molecule has 5 heteroatoms. The van der Waals surface area contributed by atoms with Crippen molar-refractivity contribution in [2.45, 2.75) is 52.1 Å². The van der Waals surface area contributed by atoms with Crippen LogP contribution >= 0.6 is 0 Å². The van der Waals surface area contributed by atoms with E-state index in [-0.39, 0.29) is 11.3 Å². The van der Waals surface area contributed by atoms with Crippen LogP contribution in [0.4, 0.5) is 0 Å². The Morgan fingerprint density at radius 2 is 1.94 bits per heavy atom. The van der Waals surface area contributed by atoms with E-state index in [1.165, 1.54) is 4.90 Å². The number of rotatable bonds is 2. The van der Waals surface area contributed by atoms with E-state index >= 15 is 0 Å². The smallest absolute Gasteiger partial charge is 0.326 e. The van der Waals surface area contributed by atoms with E-state index in [9.17, 15) is 9.59 Å². The Morgan fingerprint density at radius 3 is 2.41 bits per heavy atom. The zero-order valence-corrected chi connectivity index (χ0v) is 10.8. The largest absolute Gasteiger partial charge is 0.480 e. The minimum atomic E-state index is -0.931. The molecule has 1 rings (SSSR count). The van der Waals surface area contributed by atoms with E-state index < -0.39 is 18.1 Å². The van der Waals surface area contributed by atoms with Gasteiger partial charge in [0.25, 0.3) is 0 Å². The molecule has 2 atom stereocenters. The second kappa shape index (κ2) is 5.04. The van der Waals surface area contributed by atoms with Crippen molar-refractivity contribution in [1.82, 2.24) is 4.90 Å². The molecule has 1 saturated heterocycles. The summed E-state index contributed by atoms with van der Waals surface area (Å²) in [5, 5.41) is 9.11. The topological polar surface area (TPSA) is 83.6 Å². The Balaban J connectivity index is 2.82. The molecule has 0 bridgehead atoms. The number of piperidine rings is 1. The second-order valence-corrected chi connectivity index (χ2v) is 5.73. The monoisotopic (exact) mass is 242 g/mol. The fourth-order valence-electron chi connectivity index (χ4n) is 2.00. The standard InChI is InChI=1S/C12H22N2O3/c1-12(2,3)9(13)10(15)14-7-5-4-6-8(14)11(16)17/h8-9H,4-7,13H2,1-3H3,(H,16,17)/t8-,9-/m1/s1. The molecule has 1 amide bonds. The molecule has 5 nitrogen and oxygen atoms in total. The van der Waals surface area contributed by atoms with Gasteiger partial charge in [-0.3, -0.25) is 4.79 Å². The van der Waals surface area contributed by atoms with Crippen molar-refractivity contribution in [3.63, 3.8) is 0 Å². The van der Waals surface area contributed by atoms with Gasteiger partial charge in [0.2, 0.25) is 5.91 Å². The third-order valence-corrected chi connectivity index (χ3v) is 3.27. The maximum absolute atomic E-state index is 12.2. The number of carbonyl (C=O) groups excluding carboxylic acids is 1. The van der Waals surface area contributed by atoms with Gasteiger partial charge in [-0.25, -0.2) is 4.79 Å². The first-order valence-corrected chi connectivity index (χ1v) is 6.04. The predicted octanol–water partition coefficient (Wildman–Crippen LogP) is 0.825. The summed E-state index contributed by atoms with van der Waals surface area (Å²) in [6.07, 6.45) is 2.23. The number of carbonyl (C=O) groups is 2. The van der Waals surface area contributed by atoms with Gasteiger partial charge < -0.3 is 15.7 Å². The van der Waals surface area contributed by atoms with Crippen LogP contribution < -0.4 is 5.73 Å². The molecule has 0 unspecified atom stereocenters. The number of hydrogen-bond acceptors (Lipinski definition) is 3. The zero-order chi connectivity index (χ0) is 13.2. The minimum absolute atomic E-state index is 0.246. The average molecular weight is 242 g/mol. The van der Waals surface area contributed by atoms with Gasteiger partial charge in [-0.05, 0) is 24.7 Å². The van der Waals surface area contributed by atoms with Crippen LogP contribution in [0.1, 0.15) is 40.0 Å². The molecule has 0 aromatic carbocycles. The number of amides is 1. The van der Waals surface area contributed by atoms with Gasteiger partial charge in [-0.2, -0.15) is 0 Å². The third kappa shape index (κ3) is 3.19. The Morgan fingerprint density at radius 1 is 1.35 bits per heavy atom. The third-order valence-electron chi connectivity index (χ3n) is 3.27. The van der Waals surface area contributed by atoms with Crippen LogP contribution in [0.2, 0.25) is 0 Å². The van der Waals surface area contributed by atoms with Crippen molar-refractivity contribution in [2.75, 3.05) is 6.54 Å². The van der Waals surface area contributed by atoms with E-state index in [2.05, 4.69) is 0 Å². The molecule has 1 aliphatic heterocycles. The number of aliphatic carboxylic acids is 1. The summed E-state index contributed by atoms with van der Waals surface area (Å²) in [5.41, 5.74) is 5.55. The van der Waals surface area contributed by atoms with Crippen molar-refractivity contribution in [3.8, 4) is 0 Å². The maximum Gasteiger partial charge on any atom is 0.326 e. The fraction of sp³-hybridized carbons (Fsp3) is 0.833. The molecule has 1 aliphatic rings. The highest BCUT2D eigenvalue weighted by Gasteiger charge is 2.37. The van der Waals surface area contributed by atoms with Gasteiger partial charge in [0.1, 0.15) is 6.04 Å². The molecule has 0 aromatic heterocycles. The van der Waals surface area contributed by atoms with Crippen LogP contribution in [0, 0.1) is 5.41 Å². The highest BCUT2D eigenvalue weighted by atomic mass is 16.4. The van der Waals surface area contributed by atoms with Gasteiger partial charge >= 0.3 is 5.97 Å². The molecular formula is C12H22N2O3. The molecule has 0 aliphatic carbocycles. The Kier molecular flexibility index (Phi) is 4.14. The number of hydrogen-bond donors (Lipinski definition) is 2. The quantitative estimate of drug-likeness (QED) is 0.751. The van der Waals surface area contributed by atoms with Crippen LogP contribution in [0.5, 0.6) is 0 Å². The van der Waals surface area contributed by atoms with Gasteiger partial charge in [0.15, 0.2) is 0 Å². The molecule has 3 N–H and O–H groups in total. The highest BCUT2D eigenvalue weighted by molar-refractivity contribution is 5.87. The Labute approximate surface area is 102 Å². The summed E-state index contributed by atoms with van der Waals surface area (Å²) in [6, 6.07) is -1.35. The van der Waals surface area contributed by atoms with Gasteiger partial charge in [0.05, 0.1) is 6.04 Å². The van der Waals surface area contributed by atoms with E-state index in [4.69, 9.17) is 10.8 Å². The van der Waals surface area contributed by atoms with Crippen LogP contribution in [-0.2, 0) is 9.59 Å². The van der Waals surface area contributed by atoms with E-state index in [1.54, 1.807) is 0 Å². The fourth-order valence-corrected chi connectivity index (χ4v) is 2.00. The lowest BCUT2D eigenvalue weighted by atomic mass is 9.85. The molecular weight excluding hydrogens is 220 g/mol. The first-order chi connectivity index (χ1) is 7.75. The second-order valence-electron chi connectivity index (χ2n) is 5.73. The molecule has 98 valence electrons. The van der Waals surface area contributed by atoms with Crippen molar-refractivity contribution in [2.24, 2.45) is 11.1 Å². The lowest BCUT2D eigenvalue weighted by Crippen LogP contribution is -2.56.